The molecule has 0 aliphatic carbocycles. The van der Waals surface area contributed by atoms with Gasteiger partial charge in [0.1, 0.15) is 6.20 Å². The zero-order chi connectivity index (χ0) is 16.2. The van der Waals surface area contributed by atoms with Crippen LogP contribution in [0.5, 0.6) is 0 Å². The summed E-state index contributed by atoms with van der Waals surface area (Å²) in [6.45, 7) is 3.12. The van der Waals surface area contributed by atoms with E-state index in [1.807, 2.05) is 0 Å². The number of amides is 1. The van der Waals surface area contributed by atoms with Gasteiger partial charge >= 0.3 is 5.97 Å². The van der Waals surface area contributed by atoms with Crippen molar-refractivity contribution in [2.75, 3.05) is 39.4 Å². The van der Waals surface area contributed by atoms with Crippen molar-refractivity contribution in [2.45, 2.75) is 18.9 Å². The molecule has 9 nitrogen and oxygen atoms in total. The fourth-order valence-electron chi connectivity index (χ4n) is 3.18. The van der Waals surface area contributed by atoms with Gasteiger partial charge in [-0.3, -0.25) is 14.5 Å². The number of carboxylic acids is 1. The van der Waals surface area contributed by atoms with Crippen molar-refractivity contribution in [1.82, 2.24) is 20.1 Å². The SMILES string of the molecule is O=C(O)[C@@H]1CN(C(=O)c2cnon2)CCN(C2CCOCC2)C1. The summed E-state index contributed by atoms with van der Waals surface area (Å²) < 4.78 is 9.83. The van der Waals surface area contributed by atoms with Crippen molar-refractivity contribution in [3.8, 4) is 0 Å². The number of carbonyl (C=O) groups is 2. The first-order chi connectivity index (χ1) is 11.1. The standard InChI is InChI=1S/C14H20N4O5/c19-13(12-7-15-23-16-12)18-4-3-17(8-10(9-18)14(20)21)11-1-5-22-6-2-11/h7,10-11H,1-6,8-9H2,(H,20,21)/t10-/m0/s1. The summed E-state index contributed by atoms with van der Waals surface area (Å²) in [5.41, 5.74) is 0.105. The molecule has 0 radical (unpaired) electrons. The van der Waals surface area contributed by atoms with Crippen LogP contribution in [0.3, 0.4) is 0 Å². The summed E-state index contributed by atoms with van der Waals surface area (Å²) in [4.78, 5) is 27.7. The van der Waals surface area contributed by atoms with Gasteiger partial charge in [-0.25, -0.2) is 4.63 Å². The van der Waals surface area contributed by atoms with E-state index in [1.165, 1.54) is 11.1 Å². The Hall–Kier alpha value is -2.00. The van der Waals surface area contributed by atoms with Gasteiger partial charge in [0.25, 0.3) is 5.91 Å². The normalized spacial score (nSPS) is 24.3. The van der Waals surface area contributed by atoms with E-state index in [-0.39, 0.29) is 18.1 Å². The fourth-order valence-corrected chi connectivity index (χ4v) is 3.18. The quantitative estimate of drug-likeness (QED) is 0.807. The minimum Gasteiger partial charge on any atom is -0.481 e. The largest absolute Gasteiger partial charge is 0.481 e. The van der Waals surface area contributed by atoms with Gasteiger partial charge in [0.05, 0.1) is 5.92 Å². The van der Waals surface area contributed by atoms with Crippen LogP contribution in [0.2, 0.25) is 0 Å². The number of aliphatic carboxylic acids is 1. The molecule has 0 aromatic carbocycles. The Labute approximate surface area is 133 Å². The number of carboxylic acid groups (broad SMARTS) is 1. The highest BCUT2D eigenvalue weighted by Crippen LogP contribution is 2.20. The summed E-state index contributed by atoms with van der Waals surface area (Å²) in [6, 6.07) is 0.314. The maximum absolute atomic E-state index is 12.4. The van der Waals surface area contributed by atoms with Crippen LogP contribution in [-0.4, -0.2) is 82.5 Å². The Kier molecular flexibility index (Phi) is 4.87. The summed E-state index contributed by atoms with van der Waals surface area (Å²) in [5, 5.41) is 16.4. The number of aromatic nitrogens is 2. The zero-order valence-electron chi connectivity index (χ0n) is 12.8. The van der Waals surface area contributed by atoms with Gasteiger partial charge < -0.3 is 14.7 Å². The van der Waals surface area contributed by atoms with E-state index in [2.05, 4.69) is 19.8 Å². The molecule has 2 aliphatic heterocycles. The Balaban J connectivity index is 1.72. The molecule has 0 bridgehead atoms. The average Bonchev–Trinajstić information content (AvgIpc) is 3.00. The Morgan fingerprint density at radius 2 is 2.00 bits per heavy atom. The minimum absolute atomic E-state index is 0.105. The molecule has 1 aromatic heterocycles. The molecule has 1 N–H and O–H groups in total. The molecular weight excluding hydrogens is 304 g/mol. The van der Waals surface area contributed by atoms with E-state index in [1.54, 1.807) is 0 Å². The van der Waals surface area contributed by atoms with Crippen LogP contribution in [0.1, 0.15) is 23.3 Å². The van der Waals surface area contributed by atoms with Gasteiger partial charge in [0, 0.05) is 45.4 Å². The topological polar surface area (TPSA) is 109 Å². The van der Waals surface area contributed by atoms with Crippen LogP contribution < -0.4 is 0 Å². The third-order valence-electron chi connectivity index (χ3n) is 4.48. The molecule has 0 saturated carbocycles. The number of ether oxygens (including phenoxy) is 1. The van der Waals surface area contributed by atoms with E-state index in [0.717, 1.165) is 12.8 Å². The molecule has 2 saturated heterocycles. The van der Waals surface area contributed by atoms with Gasteiger partial charge in [-0.05, 0) is 18.0 Å². The van der Waals surface area contributed by atoms with E-state index in [0.29, 0.717) is 38.9 Å². The molecule has 23 heavy (non-hydrogen) atoms. The minimum atomic E-state index is -0.889. The maximum atomic E-state index is 12.4. The Bertz CT molecular complexity index is 543. The molecule has 2 fully saturated rings. The molecule has 1 atom stereocenters. The number of nitrogens with zero attached hydrogens (tertiary/aromatic N) is 4. The second-order valence-corrected chi connectivity index (χ2v) is 5.92. The zero-order valence-corrected chi connectivity index (χ0v) is 12.8. The molecule has 2 aliphatic rings. The van der Waals surface area contributed by atoms with Gasteiger partial charge in [-0.15, -0.1) is 0 Å². The Morgan fingerprint density at radius 3 is 2.65 bits per heavy atom. The predicted molar refractivity (Wildman–Crippen MR) is 76.7 cm³/mol. The molecule has 3 heterocycles. The van der Waals surface area contributed by atoms with Crippen molar-refractivity contribution in [3.63, 3.8) is 0 Å². The lowest BCUT2D eigenvalue weighted by atomic mass is 10.0. The number of hydrogen-bond donors (Lipinski definition) is 1. The van der Waals surface area contributed by atoms with E-state index in [9.17, 15) is 14.7 Å². The van der Waals surface area contributed by atoms with Crippen LogP contribution in [0.25, 0.3) is 0 Å². The van der Waals surface area contributed by atoms with Crippen LogP contribution in [0.15, 0.2) is 10.8 Å². The highest BCUT2D eigenvalue weighted by Gasteiger charge is 2.34. The van der Waals surface area contributed by atoms with Gasteiger partial charge in [-0.1, -0.05) is 5.16 Å². The molecule has 1 aromatic rings. The third kappa shape index (κ3) is 3.67. The molecular formula is C14H20N4O5. The number of rotatable bonds is 3. The van der Waals surface area contributed by atoms with Gasteiger partial charge in [0.15, 0.2) is 5.69 Å². The predicted octanol–water partition coefficient (Wildman–Crippen LogP) is -0.293. The van der Waals surface area contributed by atoms with Crippen LogP contribution in [0.4, 0.5) is 0 Å². The molecule has 0 spiro atoms. The lowest BCUT2D eigenvalue weighted by molar-refractivity contribution is -0.142. The number of hydrogen-bond acceptors (Lipinski definition) is 7. The van der Waals surface area contributed by atoms with Gasteiger partial charge in [-0.2, -0.15) is 0 Å². The third-order valence-corrected chi connectivity index (χ3v) is 4.48. The Morgan fingerprint density at radius 1 is 1.22 bits per heavy atom. The highest BCUT2D eigenvalue weighted by molar-refractivity contribution is 5.92. The van der Waals surface area contributed by atoms with Crippen LogP contribution >= 0.6 is 0 Å². The van der Waals surface area contributed by atoms with E-state index < -0.39 is 11.9 Å². The van der Waals surface area contributed by atoms with Crippen molar-refractivity contribution in [1.29, 1.82) is 0 Å². The smallest absolute Gasteiger partial charge is 0.309 e. The van der Waals surface area contributed by atoms with E-state index in [4.69, 9.17) is 4.74 Å². The maximum Gasteiger partial charge on any atom is 0.309 e. The lowest BCUT2D eigenvalue weighted by Crippen LogP contribution is -2.43. The van der Waals surface area contributed by atoms with Crippen molar-refractivity contribution >= 4 is 11.9 Å². The summed E-state index contributed by atoms with van der Waals surface area (Å²) in [6.07, 6.45) is 3.04. The molecule has 1 amide bonds. The van der Waals surface area contributed by atoms with Crippen molar-refractivity contribution in [3.05, 3.63) is 11.9 Å². The summed E-state index contributed by atoms with van der Waals surface area (Å²) in [7, 11) is 0. The molecule has 0 unspecified atom stereocenters. The second-order valence-electron chi connectivity index (χ2n) is 5.92. The first-order valence-electron chi connectivity index (χ1n) is 7.76. The monoisotopic (exact) mass is 324 g/mol. The molecule has 126 valence electrons. The average molecular weight is 324 g/mol. The summed E-state index contributed by atoms with van der Waals surface area (Å²) in [5.74, 6) is -1.85. The van der Waals surface area contributed by atoms with Crippen molar-refractivity contribution < 1.29 is 24.1 Å². The van der Waals surface area contributed by atoms with Crippen molar-refractivity contribution in [2.24, 2.45) is 5.92 Å². The fraction of sp³-hybridized carbons (Fsp3) is 0.714. The molecule has 3 rings (SSSR count). The van der Waals surface area contributed by atoms with Crippen LogP contribution in [0, 0.1) is 5.92 Å². The first-order valence-corrected chi connectivity index (χ1v) is 7.76. The van der Waals surface area contributed by atoms with Crippen LogP contribution in [-0.2, 0) is 9.53 Å². The van der Waals surface area contributed by atoms with Gasteiger partial charge in [0.2, 0.25) is 0 Å². The number of carbonyl (C=O) groups excluding carboxylic acids is 1. The van der Waals surface area contributed by atoms with E-state index >= 15 is 0 Å². The summed E-state index contributed by atoms with van der Waals surface area (Å²) >= 11 is 0. The second kappa shape index (κ2) is 7.05. The molecule has 9 heteroatoms. The highest BCUT2D eigenvalue weighted by atomic mass is 16.6. The first kappa shape index (κ1) is 15.9. The lowest BCUT2D eigenvalue weighted by Gasteiger charge is -2.34.